The standard InChI is InChI=1S/C18H31NO.ClH/c1-10(2)8-9-16(20)18(19)17-14(6)12(4)11(3)13(5)15(17)7;/h10,16,18,20H,8-9,19H2,1-7H3;1H/t16-,18-;/m1./s1. The van der Waals surface area contributed by atoms with Crippen molar-refractivity contribution < 1.29 is 5.11 Å². The molecule has 1 aromatic rings. The fraction of sp³-hybridized carbons (Fsp3) is 0.667. The monoisotopic (exact) mass is 313 g/mol. The lowest BCUT2D eigenvalue weighted by Crippen LogP contribution is -2.28. The summed E-state index contributed by atoms with van der Waals surface area (Å²) in [5, 5.41) is 10.4. The van der Waals surface area contributed by atoms with Crippen molar-refractivity contribution in [1.29, 1.82) is 0 Å². The number of hydrogen-bond acceptors (Lipinski definition) is 2. The molecule has 21 heavy (non-hydrogen) atoms. The topological polar surface area (TPSA) is 46.2 Å². The van der Waals surface area contributed by atoms with Crippen molar-refractivity contribution in [1.82, 2.24) is 0 Å². The van der Waals surface area contributed by atoms with Crippen LogP contribution >= 0.6 is 12.4 Å². The summed E-state index contributed by atoms with van der Waals surface area (Å²) in [5.41, 5.74) is 13.9. The van der Waals surface area contributed by atoms with Gasteiger partial charge in [-0.05, 0) is 86.8 Å². The molecule has 0 bridgehead atoms. The number of aliphatic hydroxyl groups excluding tert-OH is 1. The van der Waals surface area contributed by atoms with E-state index in [0.29, 0.717) is 5.92 Å². The Bertz CT molecular complexity index is 454. The van der Waals surface area contributed by atoms with Crippen molar-refractivity contribution in [2.45, 2.75) is 73.5 Å². The second-order valence-electron chi connectivity index (χ2n) is 6.60. The summed E-state index contributed by atoms with van der Waals surface area (Å²) in [7, 11) is 0. The Balaban J connectivity index is 0.00000400. The maximum absolute atomic E-state index is 10.4. The fourth-order valence-electron chi connectivity index (χ4n) is 2.91. The molecule has 0 saturated heterocycles. The summed E-state index contributed by atoms with van der Waals surface area (Å²) in [5.74, 6) is 0.598. The number of halogens is 1. The average molecular weight is 314 g/mol. The summed E-state index contributed by atoms with van der Waals surface area (Å²) >= 11 is 0. The molecule has 0 aliphatic rings. The van der Waals surface area contributed by atoms with E-state index in [4.69, 9.17) is 5.73 Å². The van der Waals surface area contributed by atoms with Crippen molar-refractivity contribution in [3.8, 4) is 0 Å². The van der Waals surface area contributed by atoms with E-state index in [1.54, 1.807) is 0 Å². The van der Waals surface area contributed by atoms with Crippen molar-refractivity contribution in [2.24, 2.45) is 11.7 Å². The van der Waals surface area contributed by atoms with Crippen LogP contribution in [0.5, 0.6) is 0 Å². The van der Waals surface area contributed by atoms with Gasteiger partial charge in [0.2, 0.25) is 0 Å². The molecule has 0 unspecified atom stereocenters. The Morgan fingerprint density at radius 3 is 1.57 bits per heavy atom. The predicted octanol–water partition coefficient (Wildman–Crippen LogP) is 4.45. The van der Waals surface area contributed by atoms with Gasteiger partial charge in [0.25, 0.3) is 0 Å². The molecule has 0 fully saturated rings. The SMILES string of the molecule is Cc1c(C)c(C)c([C@H](N)[C@H](O)CCC(C)C)c(C)c1C.Cl. The van der Waals surface area contributed by atoms with Crippen molar-refractivity contribution in [3.05, 3.63) is 33.4 Å². The molecule has 0 radical (unpaired) electrons. The first-order valence-electron chi connectivity index (χ1n) is 7.68. The largest absolute Gasteiger partial charge is 0.391 e. The lowest BCUT2D eigenvalue weighted by Gasteiger charge is -2.26. The highest BCUT2D eigenvalue weighted by atomic mass is 35.5. The molecule has 0 amide bonds. The van der Waals surface area contributed by atoms with Crippen LogP contribution in [0.4, 0.5) is 0 Å². The van der Waals surface area contributed by atoms with Crippen LogP contribution in [0, 0.1) is 40.5 Å². The van der Waals surface area contributed by atoms with Gasteiger partial charge in [-0.15, -0.1) is 12.4 Å². The molecule has 0 heterocycles. The number of aliphatic hydroxyl groups is 1. The normalized spacial score (nSPS) is 14.0. The molecular formula is C18H32ClNO. The van der Waals surface area contributed by atoms with E-state index in [2.05, 4.69) is 48.5 Å². The van der Waals surface area contributed by atoms with E-state index in [0.717, 1.165) is 18.4 Å². The van der Waals surface area contributed by atoms with E-state index in [-0.39, 0.29) is 18.4 Å². The van der Waals surface area contributed by atoms with Gasteiger partial charge >= 0.3 is 0 Å². The Labute approximate surface area is 136 Å². The van der Waals surface area contributed by atoms with E-state index in [1.807, 2.05) is 0 Å². The molecule has 2 atom stereocenters. The Hall–Kier alpha value is -0.570. The first-order chi connectivity index (χ1) is 9.18. The molecule has 0 spiro atoms. The highest BCUT2D eigenvalue weighted by Gasteiger charge is 2.23. The van der Waals surface area contributed by atoms with Gasteiger partial charge in [-0.3, -0.25) is 0 Å². The molecule has 1 rings (SSSR count). The summed E-state index contributed by atoms with van der Waals surface area (Å²) in [6.45, 7) is 15.1. The van der Waals surface area contributed by atoms with Gasteiger partial charge in [0.15, 0.2) is 0 Å². The van der Waals surface area contributed by atoms with E-state index >= 15 is 0 Å². The number of hydrogen-bond donors (Lipinski definition) is 2. The molecule has 2 nitrogen and oxygen atoms in total. The average Bonchev–Trinajstić information content (AvgIpc) is 2.40. The molecular weight excluding hydrogens is 282 g/mol. The van der Waals surface area contributed by atoms with Gasteiger partial charge < -0.3 is 10.8 Å². The smallest absolute Gasteiger partial charge is 0.0733 e. The highest BCUT2D eigenvalue weighted by Crippen LogP contribution is 2.31. The van der Waals surface area contributed by atoms with Crippen LogP contribution in [0.2, 0.25) is 0 Å². The van der Waals surface area contributed by atoms with E-state index in [1.165, 1.54) is 27.8 Å². The molecule has 3 N–H and O–H groups in total. The maximum Gasteiger partial charge on any atom is 0.0733 e. The molecule has 122 valence electrons. The van der Waals surface area contributed by atoms with Crippen LogP contribution in [0.3, 0.4) is 0 Å². The van der Waals surface area contributed by atoms with Gasteiger partial charge in [-0.2, -0.15) is 0 Å². The molecule has 1 aromatic carbocycles. The lowest BCUT2D eigenvalue weighted by molar-refractivity contribution is 0.128. The van der Waals surface area contributed by atoms with Crippen LogP contribution in [-0.4, -0.2) is 11.2 Å². The minimum Gasteiger partial charge on any atom is -0.391 e. The van der Waals surface area contributed by atoms with Crippen LogP contribution < -0.4 is 5.73 Å². The second-order valence-corrected chi connectivity index (χ2v) is 6.60. The third-order valence-electron chi connectivity index (χ3n) is 4.85. The van der Waals surface area contributed by atoms with E-state index < -0.39 is 6.10 Å². The number of benzene rings is 1. The molecule has 0 aromatic heterocycles. The Morgan fingerprint density at radius 1 is 0.810 bits per heavy atom. The third kappa shape index (κ3) is 4.45. The van der Waals surface area contributed by atoms with Crippen LogP contribution in [-0.2, 0) is 0 Å². The fourth-order valence-corrected chi connectivity index (χ4v) is 2.91. The number of nitrogens with two attached hydrogens (primary N) is 1. The van der Waals surface area contributed by atoms with Gasteiger partial charge in [0.05, 0.1) is 12.1 Å². The summed E-state index contributed by atoms with van der Waals surface area (Å²) in [4.78, 5) is 0. The lowest BCUT2D eigenvalue weighted by atomic mass is 9.84. The summed E-state index contributed by atoms with van der Waals surface area (Å²) in [6.07, 6.45) is 1.32. The zero-order chi connectivity index (χ0) is 15.6. The predicted molar refractivity (Wildman–Crippen MR) is 94.4 cm³/mol. The van der Waals surface area contributed by atoms with Gasteiger partial charge in [0.1, 0.15) is 0 Å². The quantitative estimate of drug-likeness (QED) is 0.843. The Kier molecular flexibility index (Phi) is 7.94. The van der Waals surface area contributed by atoms with Crippen LogP contribution in [0.1, 0.15) is 66.1 Å². The van der Waals surface area contributed by atoms with Gasteiger partial charge in [-0.25, -0.2) is 0 Å². The molecule has 0 saturated carbocycles. The highest BCUT2D eigenvalue weighted by molar-refractivity contribution is 5.85. The third-order valence-corrected chi connectivity index (χ3v) is 4.85. The van der Waals surface area contributed by atoms with Gasteiger partial charge in [-0.1, -0.05) is 13.8 Å². The molecule has 0 aliphatic heterocycles. The Morgan fingerprint density at radius 2 is 1.19 bits per heavy atom. The summed E-state index contributed by atoms with van der Waals surface area (Å²) < 4.78 is 0. The zero-order valence-electron chi connectivity index (χ0n) is 14.6. The van der Waals surface area contributed by atoms with Crippen LogP contribution in [0.15, 0.2) is 0 Å². The minimum atomic E-state index is -0.462. The molecule has 0 aliphatic carbocycles. The minimum absolute atomic E-state index is 0. The first kappa shape index (κ1) is 20.4. The van der Waals surface area contributed by atoms with Crippen molar-refractivity contribution in [3.63, 3.8) is 0 Å². The van der Waals surface area contributed by atoms with Gasteiger partial charge in [0, 0.05) is 0 Å². The first-order valence-corrected chi connectivity index (χ1v) is 7.68. The second kappa shape index (κ2) is 8.17. The van der Waals surface area contributed by atoms with Crippen LogP contribution in [0.25, 0.3) is 0 Å². The zero-order valence-corrected chi connectivity index (χ0v) is 15.4. The summed E-state index contributed by atoms with van der Waals surface area (Å²) in [6, 6.07) is -0.285. The maximum atomic E-state index is 10.4. The van der Waals surface area contributed by atoms with Crippen molar-refractivity contribution in [2.75, 3.05) is 0 Å². The van der Waals surface area contributed by atoms with E-state index in [9.17, 15) is 5.11 Å². The van der Waals surface area contributed by atoms with Crippen molar-refractivity contribution >= 4 is 12.4 Å². The molecule has 3 heteroatoms. The number of rotatable bonds is 5.